The molecule has 1 aliphatic rings. The average molecular weight is 407 g/mol. The standard InChI is InChI=1S/C24H25NO5/c1-24(2)14-16-10-22(29-3)23(30-4)11-17(16)18(25-24)12-20(27)21(28)13-19(26)15-8-6-5-7-9-15/h5-13,25-26H,14H2,1-4H3/b18-12-,19-13-. The maximum Gasteiger partial charge on any atom is 0.229 e. The summed E-state index contributed by atoms with van der Waals surface area (Å²) in [7, 11) is 3.11. The number of hydrogen-bond donors (Lipinski definition) is 2. The minimum Gasteiger partial charge on any atom is -0.507 e. The summed E-state index contributed by atoms with van der Waals surface area (Å²) >= 11 is 0. The highest BCUT2D eigenvalue weighted by molar-refractivity contribution is 6.47. The molecule has 0 aromatic heterocycles. The van der Waals surface area contributed by atoms with Crippen LogP contribution in [0.1, 0.15) is 30.5 Å². The van der Waals surface area contributed by atoms with Crippen LogP contribution < -0.4 is 14.8 Å². The molecular formula is C24H25NO5. The molecule has 1 aliphatic heterocycles. The number of hydrogen-bond acceptors (Lipinski definition) is 6. The molecule has 0 saturated heterocycles. The van der Waals surface area contributed by atoms with Crippen molar-refractivity contribution >= 4 is 23.0 Å². The van der Waals surface area contributed by atoms with Gasteiger partial charge in [0.2, 0.25) is 11.6 Å². The molecule has 0 unspecified atom stereocenters. The average Bonchev–Trinajstić information content (AvgIpc) is 2.72. The molecule has 0 spiro atoms. The molecule has 0 fully saturated rings. The van der Waals surface area contributed by atoms with Gasteiger partial charge in [-0.15, -0.1) is 0 Å². The predicted molar refractivity (Wildman–Crippen MR) is 116 cm³/mol. The van der Waals surface area contributed by atoms with Crippen molar-refractivity contribution in [2.75, 3.05) is 14.2 Å². The minimum absolute atomic E-state index is 0.254. The molecule has 2 aromatic carbocycles. The molecular weight excluding hydrogens is 382 g/mol. The fourth-order valence-electron chi connectivity index (χ4n) is 3.47. The lowest BCUT2D eigenvalue weighted by atomic mass is 9.85. The minimum atomic E-state index is -0.809. The van der Waals surface area contributed by atoms with Crippen molar-refractivity contribution in [3.63, 3.8) is 0 Å². The van der Waals surface area contributed by atoms with Crippen molar-refractivity contribution in [2.24, 2.45) is 0 Å². The topological polar surface area (TPSA) is 84.9 Å². The highest BCUT2D eigenvalue weighted by Gasteiger charge is 2.30. The molecule has 2 N–H and O–H groups in total. The van der Waals surface area contributed by atoms with Gasteiger partial charge in [-0.1, -0.05) is 30.3 Å². The van der Waals surface area contributed by atoms with Gasteiger partial charge in [-0.2, -0.15) is 0 Å². The molecule has 0 radical (unpaired) electrons. The van der Waals surface area contributed by atoms with Crippen molar-refractivity contribution in [2.45, 2.75) is 25.8 Å². The normalized spacial score (nSPS) is 16.4. The number of methoxy groups -OCH3 is 2. The first-order valence-corrected chi connectivity index (χ1v) is 9.53. The number of rotatable bonds is 6. The Morgan fingerprint density at radius 2 is 1.67 bits per heavy atom. The number of nitrogens with one attached hydrogen (secondary N) is 1. The number of carbonyl (C=O) groups is 2. The number of ketones is 2. The van der Waals surface area contributed by atoms with Gasteiger partial charge < -0.3 is 19.9 Å². The van der Waals surface area contributed by atoms with E-state index in [1.807, 2.05) is 19.9 Å². The molecule has 3 rings (SSSR count). The summed E-state index contributed by atoms with van der Waals surface area (Å²) in [5.41, 5.74) is 2.40. The molecule has 6 nitrogen and oxygen atoms in total. The molecule has 0 atom stereocenters. The van der Waals surface area contributed by atoms with Crippen LogP contribution in [0.15, 0.2) is 54.6 Å². The molecule has 2 aromatic rings. The van der Waals surface area contributed by atoms with Gasteiger partial charge in [-0.25, -0.2) is 0 Å². The monoisotopic (exact) mass is 407 g/mol. The SMILES string of the molecule is COc1cc2c(cc1OC)/C(=C/C(=O)C(=O)/C=C(\O)c1ccccc1)NC(C)(C)C2. The summed E-state index contributed by atoms with van der Waals surface area (Å²) in [6, 6.07) is 12.3. The zero-order valence-electron chi connectivity index (χ0n) is 17.5. The fraction of sp³-hybridized carbons (Fsp3) is 0.250. The molecule has 0 aliphatic carbocycles. The number of carbonyl (C=O) groups excluding carboxylic acids is 2. The lowest BCUT2D eigenvalue weighted by molar-refractivity contribution is -0.130. The Morgan fingerprint density at radius 1 is 1.03 bits per heavy atom. The van der Waals surface area contributed by atoms with Crippen molar-refractivity contribution in [1.29, 1.82) is 0 Å². The van der Waals surface area contributed by atoms with Crippen molar-refractivity contribution in [3.05, 3.63) is 71.3 Å². The molecule has 0 saturated carbocycles. The van der Waals surface area contributed by atoms with Gasteiger partial charge >= 0.3 is 0 Å². The first-order chi connectivity index (χ1) is 14.2. The number of allylic oxidation sites excluding steroid dienone is 2. The molecule has 1 heterocycles. The summed E-state index contributed by atoms with van der Waals surface area (Å²) in [5, 5.41) is 13.5. The molecule has 0 amide bonds. The first-order valence-electron chi connectivity index (χ1n) is 9.53. The van der Waals surface area contributed by atoms with Crippen LogP contribution in [0.5, 0.6) is 11.5 Å². The second-order valence-corrected chi connectivity index (χ2v) is 7.73. The third kappa shape index (κ3) is 4.54. The summed E-state index contributed by atoms with van der Waals surface area (Å²) < 4.78 is 10.8. The Balaban J connectivity index is 1.96. The van der Waals surface area contributed by atoms with E-state index >= 15 is 0 Å². The lowest BCUT2D eigenvalue weighted by Gasteiger charge is -2.36. The van der Waals surface area contributed by atoms with E-state index in [9.17, 15) is 14.7 Å². The maximum absolute atomic E-state index is 12.6. The summed E-state index contributed by atoms with van der Waals surface area (Å²) in [5.74, 6) is -0.666. The van der Waals surface area contributed by atoms with Gasteiger partial charge in [-0.05, 0) is 38.0 Å². The Labute approximate surface area is 175 Å². The summed E-state index contributed by atoms with van der Waals surface area (Å²) in [4.78, 5) is 25.0. The molecule has 0 bridgehead atoms. The number of ether oxygens (including phenoxy) is 2. The van der Waals surface area contributed by atoms with E-state index in [4.69, 9.17) is 9.47 Å². The third-order valence-corrected chi connectivity index (χ3v) is 4.86. The number of benzene rings is 2. The molecule has 30 heavy (non-hydrogen) atoms. The maximum atomic E-state index is 12.6. The van der Waals surface area contributed by atoms with Crippen LogP contribution in [0.2, 0.25) is 0 Å². The highest BCUT2D eigenvalue weighted by Crippen LogP contribution is 2.37. The van der Waals surface area contributed by atoms with E-state index in [0.29, 0.717) is 29.2 Å². The van der Waals surface area contributed by atoms with E-state index in [1.165, 1.54) is 6.08 Å². The van der Waals surface area contributed by atoms with Crippen LogP contribution in [0.4, 0.5) is 0 Å². The van der Waals surface area contributed by atoms with E-state index in [-0.39, 0.29) is 11.3 Å². The number of fused-ring (bicyclic) bond motifs is 1. The Hall–Kier alpha value is -3.54. The number of aliphatic hydroxyl groups excluding tert-OH is 1. The Kier molecular flexibility index (Phi) is 5.96. The quantitative estimate of drug-likeness (QED) is 0.431. The van der Waals surface area contributed by atoms with Crippen LogP contribution in [0.3, 0.4) is 0 Å². The van der Waals surface area contributed by atoms with Gasteiger partial charge in [0.15, 0.2) is 11.5 Å². The molecule has 6 heteroatoms. The van der Waals surface area contributed by atoms with Crippen molar-refractivity contribution in [1.82, 2.24) is 5.32 Å². The fourth-order valence-corrected chi connectivity index (χ4v) is 3.47. The van der Waals surface area contributed by atoms with Crippen LogP contribution >= 0.6 is 0 Å². The van der Waals surface area contributed by atoms with Crippen LogP contribution in [-0.2, 0) is 16.0 Å². The largest absolute Gasteiger partial charge is 0.507 e. The molecule has 156 valence electrons. The van der Waals surface area contributed by atoms with Crippen molar-refractivity contribution < 1.29 is 24.2 Å². The van der Waals surface area contributed by atoms with Crippen LogP contribution in [0.25, 0.3) is 11.5 Å². The van der Waals surface area contributed by atoms with Gasteiger partial charge in [0.25, 0.3) is 0 Å². The second-order valence-electron chi connectivity index (χ2n) is 7.73. The van der Waals surface area contributed by atoms with Gasteiger partial charge in [0.1, 0.15) is 5.76 Å². The van der Waals surface area contributed by atoms with Crippen LogP contribution in [-0.4, -0.2) is 36.4 Å². The second kappa shape index (κ2) is 8.45. The predicted octanol–water partition coefficient (Wildman–Crippen LogP) is 3.71. The zero-order valence-corrected chi connectivity index (χ0v) is 17.5. The summed E-state index contributed by atoms with van der Waals surface area (Å²) in [6.45, 7) is 4.02. The third-order valence-electron chi connectivity index (χ3n) is 4.86. The highest BCUT2D eigenvalue weighted by atomic mass is 16.5. The van der Waals surface area contributed by atoms with E-state index in [0.717, 1.165) is 17.2 Å². The van der Waals surface area contributed by atoms with Gasteiger partial charge in [0, 0.05) is 34.5 Å². The smallest absolute Gasteiger partial charge is 0.229 e. The summed E-state index contributed by atoms with van der Waals surface area (Å²) in [6.07, 6.45) is 2.91. The Morgan fingerprint density at radius 3 is 2.30 bits per heavy atom. The lowest BCUT2D eigenvalue weighted by Crippen LogP contribution is -2.44. The Bertz CT molecular complexity index is 1040. The van der Waals surface area contributed by atoms with Crippen molar-refractivity contribution in [3.8, 4) is 11.5 Å². The van der Waals surface area contributed by atoms with E-state index < -0.39 is 11.6 Å². The van der Waals surface area contributed by atoms with Gasteiger partial charge in [-0.3, -0.25) is 9.59 Å². The zero-order chi connectivity index (χ0) is 21.9. The van der Waals surface area contributed by atoms with Crippen LogP contribution in [0, 0.1) is 0 Å². The van der Waals surface area contributed by atoms with E-state index in [1.54, 1.807) is 50.6 Å². The van der Waals surface area contributed by atoms with Gasteiger partial charge in [0.05, 0.1) is 14.2 Å². The van der Waals surface area contributed by atoms with E-state index in [2.05, 4.69) is 5.32 Å². The first kappa shape index (κ1) is 21.2. The number of aliphatic hydroxyl groups is 1.